The summed E-state index contributed by atoms with van der Waals surface area (Å²) in [5.41, 5.74) is 8.60. The molecule has 1 unspecified atom stereocenters. The molecule has 1 amide bonds. The van der Waals surface area contributed by atoms with Crippen LogP contribution in [0, 0.1) is 11.6 Å². The Bertz CT molecular complexity index is 1000. The maximum atomic E-state index is 14.0. The second-order valence-corrected chi connectivity index (χ2v) is 5.83. The van der Waals surface area contributed by atoms with E-state index in [9.17, 15) is 13.6 Å². The summed E-state index contributed by atoms with van der Waals surface area (Å²) in [4.78, 5) is 26.6. The van der Waals surface area contributed by atoms with Gasteiger partial charge in [0.15, 0.2) is 11.8 Å². The highest BCUT2D eigenvalue weighted by atomic mass is 19.1. The number of nitrogens with two attached hydrogens (primary N) is 1. The zero-order valence-corrected chi connectivity index (χ0v) is 16.5. The molecule has 2 aromatic rings. The molecule has 0 saturated carbocycles. The van der Waals surface area contributed by atoms with Crippen LogP contribution in [-0.4, -0.2) is 31.7 Å². The molecule has 0 spiro atoms. The fourth-order valence-corrected chi connectivity index (χ4v) is 2.53. The zero-order chi connectivity index (χ0) is 22.1. The van der Waals surface area contributed by atoms with Crippen LogP contribution in [0.1, 0.15) is 29.7 Å². The summed E-state index contributed by atoms with van der Waals surface area (Å²) in [7, 11) is 2.60. The average molecular weight is 418 g/mol. The normalized spacial score (nSPS) is 11.8. The Kier molecular flexibility index (Phi) is 8.04. The molecule has 30 heavy (non-hydrogen) atoms. The van der Waals surface area contributed by atoms with Gasteiger partial charge in [-0.3, -0.25) is 15.1 Å². The highest BCUT2D eigenvalue weighted by Gasteiger charge is 2.20. The third-order valence-electron chi connectivity index (χ3n) is 3.84. The molecule has 0 aliphatic carbocycles. The zero-order valence-electron chi connectivity index (χ0n) is 16.5. The topological polar surface area (TPSA) is 108 Å². The van der Waals surface area contributed by atoms with E-state index in [1.807, 2.05) is 0 Å². The van der Waals surface area contributed by atoms with Crippen molar-refractivity contribution in [1.29, 1.82) is 0 Å². The van der Waals surface area contributed by atoms with Crippen molar-refractivity contribution in [2.45, 2.75) is 13.0 Å². The number of hydroxylamine groups is 1. The summed E-state index contributed by atoms with van der Waals surface area (Å²) in [5, 5.41) is 7.38. The Morgan fingerprint density at radius 2 is 1.90 bits per heavy atom. The van der Waals surface area contributed by atoms with Crippen LogP contribution in [0.15, 0.2) is 52.8 Å². The molecule has 8 nitrogen and oxygen atoms in total. The molecule has 0 fully saturated rings. The van der Waals surface area contributed by atoms with Crippen LogP contribution in [0.5, 0.6) is 0 Å². The minimum Gasteiger partial charge on any atom is -0.398 e. The van der Waals surface area contributed by atoms with Crippen molar-refractivity contribution in [2.24, 2.45) is 16.0 Å². The molecule has 0 heterocycles. The number of amides is 1. The van der Waals surface area contributed by atoms with Gasteiger partial charge in [-0.15, -0.1) is 0 Å². The van der Waals surface area contributed by atoms with Crippen LogP contribution in [0.25, 0.3) is 5.70 Å². The van der Waals surface area contributed by atoms with Crippen LogP contribution in [0.2, 0.25) is 0 Å². The molecule has 0 aliphatic heterocycles. The van der Waals surface area contributed by atoms with Crippen LogP contribution < -0.4 is 11.2 Å². The second kappa shape index (κ2) is 10.7. The largest absolute Gasteiger partial charge is 0.398 e. The third kappa shape index (κ3) is 5.63. The summed E-state index contributed by atoms with van der Waals surface area (Å²) in [5.74, 6) is 0.126. The first-order valence-corrected chi connectivity index (χ1v) is 8.62. The molecule has 3 N–H and O–H groups in total. The standard InChI is InChI=1S/C20H20F2N4O4/c1-12(14-6-4-5-7-15(14)19(20(23)27)26-29-3)30-24-11-18(25-28-2)16-9-8-13(21)10-17(16)22/h4-10,12,25H,1-3H3,(H2,23,27). The van der Waals surface area contributed by atoms with Crippen molar-refractivity contribution in [3.63, 3.8) is 0 Å². The van der Waals surface area contributed by atoms with Gasteiger partial charge >= 0.3 is 0 Å². The molecule has 0 aliphatic rings. The lowest BCUT2D eigenvalue weighted by Crippen LogP contribution is -2.26. The van der Waals surface area contributed by atoms with E-state index >= 15 is 0 Å². The number of hydrogen-bond donors (Lipinski definition) is 2. The minimum absolute atomic E-state index is 0.0192. The summed E-state index contributed by atoms with van der Waals surface area (Å²) in [6.45, 7) is 1.66. The van der Waals surface area contributed by atoms with Gasteiger partial charge in [-0.1, -0.05) is 29.4 Å². The highest BCUT2D eigenvalue weighted by molar-refractivity contribution is 6.45. The van der Waals surface area contributed by atoms with E-state index in [1.165, 1.54) is 20.3 Å². The first-order chi connectivity index (χ1) is 14.4. The Hall–Kier alpha value is -3.75. The quantitative estimate of drug-likeness (QED) is 0.481. The lowest BCUT2D eigenvalue weighted by Gasteiger charge is -2.14. The van der Waals surface area contributed by atoms with Gasteiger partial charge in [-0.05, 0) is 24.2 Å². The first kappa shape index (κ1) is 22.5. The molecule has 2 rings (SSSR count). The smallest absolute Gasteiger partial charge is 0.271 e. The molecule has 0 saturated heterocycles. The lowest BCUT2D eigenvalue weighted by atomic mass is 9.99. The van der Waals surface area contributed by atoms with E-state index in [0.29, 0.717) is 17.2 Å². The molecule has 10 heteroatoms. The molecule has 1 atom stereocenters. The molecular weight excluding hydrogens is 398 g/mol. The number of halogens is 2. The molecule has 0 aromatic heterocycles. The Morgan fingerprint density at radius 3 is 2.53 bits per heavy atom. The SMILES string of the molecule is CON=C(C(N)=O)c1ccccc1C(C)ON=C=C(NOC)c1ccc(F)cc1F. The number of benzene rings is 2. The van der Waals surface area contributed by atoms with Crippen LogP contribution in [-0.2, 0) is 19.3 Å². The molecule has 158 valence electrons. The maximum absolute atomic E-state index is 14.0. The number of oxime groups is 1. The summed E-state index contributed by atoms with van der Waals surface area (Å²) >= 11 is 0. The predicted molar refractivity (Wildman–Crippen MR) is 106 cm³/mol. The van der Waals surface area contributed by atoms with Crippen molar-refractivity contribution in [2.75, 3.05) is 14.2 Å². The highest BCUT2D eigenvalue weighted by Crippen LogP contribution is 2.22. The van der Waals surface area contributed by atoms with Crippen molar-refractivity contribution in [3.05, 3.63) is 70.8 Å². The number of nitrogens with one attached hydrogen (secondary N) is 1. The van der Waals surface area contributed by atoms with Gasteiger partial charge in [-0.2, -0.15) is 0 Å². The molecule has 0 radical (unpaired) electrons. The maximum Gasteiger partial charge on any atom is 0.271 e. The fraction of sp³-hybridized carbons (Fsp3) is 0.200. The first-order valence-electron chi connectivity index (χ1n) is 8.62. The van der Waals surface area contributed by atoms with E-state index in [1.54, 1.807) is 31.2 Å². The Labute approximate surface area is 171 Å². The number of hydrogen-bond acceptors (Lipinski definition) is 7. The van der Waals surface area contributed by atoms with Crippen LogP contribution >= 0.6 is 0 Å². The van der Waals surface area contributed by atoms with Crippen molar-refractivity contribution in [3.8, 4) is 0 Å². The molecule has 0 bridgehead atoms. The molecule has 2 aromatic carbocycles. The predicted octanol–water partition coefficient (Wildman–Crippen LogP) is 2.66. The van der Waals surface area contributed by atoms with E-state index in [4.69, 9.17) is 15.4 Å². The number of nitrogens with zero attached hydrogens (tertiary/aromatic N) is 2. The van der Waals surface area contributed by atoms with Crippen LogP contribution in [0.4, 0.5) is 8.78 Å². The summed E-state index contributed by atoms with van der Waals surface area (Å²) in [6, 6.07) is 9.75. The van der Waals surface area contributed by atoms with E-state index in [2.05, 4.69) is 26.5 Å². The van der Waals surface area contributed by atoms with Crippen LogP contribution in [0.3, 0.4) is 0 Å². The Balaban J connectivity index is 2.35. The average Bonchev–Trinajstić information content (AvgIpc) is 2.71. The number of primary amides is 1. The van der Waals surface area contributed by atoms with Gasteiger partial charge in [0.05, 0.1) is 13.0 Å². The lowest BCUT2D eigenvalue weighted by molar-refractivity contribution is -0.112. The Morgan fingerprint density at radius 1 is 1.17 bits per heavy atom. The summed E-state index contributed by atoms with van der Waals surface area (Å²) < 4.78 is 27.2. The van der Waals surface area contributed by atoms with E-state index in [0.717, 1.165) is 6.07 Å². The van der Waals surface area contributed by atoms with Crippen molar-refractivity contribution in [1.82, 2.24) is 5.48 Å². The van der Waals surface area contributed by atoms with Crippen molar-refractivity contribution >= 4 is 23.2 Å². The summed E-state index contributed by atoms with van der Waals surface area (Å²) in [6.07, 6.45) is -0.669. The van der Waals surface area contributed by atoms with Gasteiger partial charge in [0.1, 0.15) is 24.4 Å². The number of carbonyl (C=O) groups is 1. The molecular formula is C20H20F2N4O4. The van der Waals surface area contributed by atoms with Crippen molar-refractivity contribution < 1.29 is 28.1 Å². The van der Waals surface area contributed by atoms with E-state index < -0.39 is 23.6 Å². The fourth-order valence-electron chi connectivity index (χ4n) is 2.53. The van der Waals surface area contributed by atoms with Gasteiger partial charge in [0.25, 0.3) is 5.91 Å². The minimum atomic E-state index is -0.836. The van der Waals surface area contributed by atoms with Gasteiger partial charge < -0.3 is 15.4 Å². The van der Waals surface area contributed by atoms with E-state index in [-0.39, 0.29) is 17.0 Å². The number of carbonyl (C=O) groups excluding carboxylic acids is 1. The third-order valence-corrected chi connectivity index (χ3v) is 3.84. The van der Waals surface area contributed by atoms with Gasteiger partial charge in [0, 0.05) is 22.8 Å². The van der Waals surface area contributed by atoms with Gasteiger partial charge in [0.2, 0.25) is 0 Å². The second-order valence-electron chi connectivity index (χ2n) is 5.83. The van der Waals surface area contributed by atoms with Gasteiger partial charge in [-0.25, -0.2) is 8.78 Å². The number of rotatable bonds is 9. The monoisotopic (exact) mass is 418 g/mol.